The Kier molecular flexibility index (Phi) is 4.76. The molecule has 6 nitrogen and oxygen atoms in total. The van der Waals surface area contributed by atoms with E-state index in [0.717, 1.165) is 25.7 Å². The van der Waals surface area contributed by atoms with Crippen LogP contribution in [-0.4, -0.2) is 40.2 Å². The van der Waals surface area contributed by atoms with Crippen molar-refractivity contribution in [3.05, 3.63) is 0 Å². The first-order valence-electron chi connectivity index (χ1n) is 7.93. The highest BCUT2D eigenvalue weighted by molar-refractivity contribution is 5.79. The lowest BCUT2D eigenvalue weighted by Crippen LogP contribution is -2.59. The third kappa shape index (κ3) is 3.31. The minimum atomic E-state index is -0.851. The zero-order chi connectivity index (χ0) is 15.6. The van der Waals surface area contributed by atoms with Crippen molar-refractivity contribution in [1.82, 2.24) is 15.8 Å². The van der Waals surface area contributed by atoms with Crippen molar-refractivity contribution in [2.24, 2.45) is 5.41 Å². The summed E-state index contributed by atoms with van der Waals surface area (Å²) in [4.78, 5) is 23.6. The number of hydrazine groups is 1. The van der Waals surface area contributed by atoms with E-state index in [1.165, 1.54) is 6.42 Å². The summed E-state index contributed by atoms with van der Waals surface area (Å²) >= 11 is 0. The maximum Gasteiger partial charge on any atom is 0.329 e. The molecule has 2 amide bonds. The van der Waals surface area contributed by atoms with Crippen LogP contribution in [0.5, 0.6) is 0 Å². The quantitative estimate of drug-likeness (QED) is 0.745. The van der Waals surface area contributed by atoms with Gasteiger partial charge in [-0.25, -0.2) is 9.80 Å². The molecule has 1 saturated carbocycles. The topological polar surface area (TPSA) is 81.7 Å². The van der Waals surface area contributed by atoms with Crippen LogP contribution >= 0.6 is 0 Å². The number of piperidine rings is 1. The first kappa shape index (κ1) is 16.1. The Labute approximate surface area is 126 Å². The fraction of sp³-hybridized carbons (Fsp3) is 0.867. The summed E-state index contributed by atoms with van der Waals surface area (Å²) in [5, 5.41) is 14.2. The molecular weight excluding hydrogens is 270 g/mol. The third-order valence-electron chi connectivity index (χ3n) is 5.18. The molecule has 2 fully saturated rings. The summed E-state index contributed by atoms with van der Waals surface area (Å²) in [7, 11) is 0. The van der Waals surface area contributed by atoms with Gasteiger partial charge in [0.2, 0.25) is 0 Å². The molecule has 0 bridgehead atoms. The molecule has 0 spiro atoms. The number of rotatable bonds is 3. The second-order valence-electron chi connectivity index (χ2n) is 6.79. The number of carboxylic acid groups (broad SMARTS) is 1. The van der Waals surface area contributed by atoms with Gasteiger partial charge in [-0.15, -0.1) is 0 Å². The maximum atomic E-state index is 12.2. The zero-order valence-corrected chi connectivity index (χ0v) is 13.2. The number of nitrogens with zero attached hydrogens (tertiary/aromatic N) is 1. The average Bonchev–Trinajstić information content (AvgIpc) is 2.77. The predicted molar refractivity (Wildman–Crippen MR) is 79.7 cm³/mol. The van der Waals surface area contributed by atoms with Crippen LogP contribution < -0.4 is 10.7 Å². The molecule has 0 aromatic rings. The van der Waals surface area contributed by atoms with Gasteiger partial charge in [0.25, 0.3) is 0 Å². The van der Waals surface area contributed by atoms with Gasteiger partial charge in [0.15, 0.2) is 0 Å². The van der Waals surface area contributed by atoms with E-state index in [1.54, 1.807) is 6.92 Å². The predicted octanol–water partition coefficient (Wildman–Crippen LogP) is 2.11. The van der Waals surface area contributed by atoms with Crippen LogP contribution in [0.25, 0.3) is 0 Å². The van der Waals surface area contributed by atoms with E-state index in [4.69, 9.17) is 0 Å². The molecule has 4 unspecified atom stereocenters. The van der Waals surface area contributed by atoms with Crippen molar-refractivity contribution in [2.45, 2.75) is 77.4 Å². The van der Waals surface area contributed by atoms with E-state index in [9.17, 15) is 14.7 Å². The van der Waals surface area contributed by atoms with E-state index in [2.05, 4.69) is 24.6 Å². The molecule has 3 N–H and O–H groups in total. The summed E-state index contributed by atoms with van der Waals surface area (Å²) in [6.07, 6.45) is 5.50. The Morgan fingerprint density at radius 3 is 2.33 bits per heavy atom. The minimum Gasteiger partial charge on any atom is -0.481 e. The highest BCUT2D eigenvalue weighted by atomic mass is 16.4. The number of aliphatic carboxylic acids is 1. The van der Waals surface area contributed by atoms with Crippen LogP contribution in [0.2, 0.25) is 0 Å². The van der Waals surface area contributed by atoms with Crippen molar-refractivity contribution in [3.8, 4) is 0 Å². The largest absolute Gasteiger partial charge is 0.481 e. The zero-order valence-electron chi connectivity index (χ0n) is 13.2. The first-order chi connectivity index (χ1) is 9.84. The highest BCUT2D eigenvalue weighted by Gasteiger charge is 2.46. The SMILES string of the molecule is CC1CCCC(C)N1NC(=O)NC1CCCC1(C)C(=O)O. The van der Waals surface area contributed by atoms with Gasteiger partial charge in [-0.2, -0.15) is 0 Å². The molecule has 0 aromatic heterocycles. The van der Waals surface area contributed by atoms with E-state index >= 15 is 0 Å². The van der Waals surface area contributed by atoms with Crippen molar-refractivity contribution < 1.29 is 14.7 Å². The minimum absolute atomic E-state index is 0.282. The average molecular weight is 297 g/mol. The summed E-state index contributed by atoms with van der Waals surface area (Å²) in [5.74, 6) is -0.829. The van der Waals surface area contributed by atoms with Crippen LogP contribution in [-0.2, 0) is 4.79 Å². The summed E-state index contributed by atoms with van der Waals surface area (Å²) in [6.45, 7) is 5.93. The molecule has 2 rings (SSSR count). The number of amides is 2. The van der Waals surface area contributed by atoms with Crippen LogP contribution in [0, 0.1) is 5.41 Å². The molecule has 0 radical (unpaired) electrons. The molecule has 1 aliphatic heterocycles. The lowest BCUT2D eigenvalue weighted by Gasteiger charge is -2.39. The van der Waals surface area contributed by atoms with Crippen LogP contribution in [0.15, 0.2) is 0 Å². The van der Waals surface area contributed by atoms with E-state index in [0.29, 0.717) is 18.5 Å². The molecule has 6 heteroatoms. The third-order valence-corrected chi connectivity index (χ3v) is 5.18. The van der Waals surface area contributed by atoms with Gasteiger partial charge in [-0.3, -0.25) is 10.2 Å². The summed E-state index contributed by atoms with van der Waals surface area (Å²) < 4.78 is 0. The number of urea groups is 1. The van der Waals surface area contributed by atoms with Gasteiger partial charge in [0, 0.05) is 18.1 Å². The fourth-order valence-electron chi connectivity index (χ4n) is 3.60. The number of nitrogens with one attached hydrogen (secondary N) is 2. The van der Waals surface area contributed by atoms with Gasteiger partial charge >= 0.3 is 12.0 Å². The fourth-order valence-corrected chi connectivity index (χ4v) is 3.60. The molecule has 1 heterocycles. The number of hydrogen-bond donors (Lipinski definition) is 3. The monoisotopic (exact) mass is 297 g/mol. The van der Waals surface area contributed by atoms with Crippen molar-refractivity contribution in [3.63, 3.8) is 0 Å². The second-order valence-corrected chi connectivity index (χ2v) is 6.79. The Balaban J connectivity index is 1.94. The molecular formula is C15H27N3O3. The molecule has 1 saturated heterocycles. The van der Waals surface area contributed by atoms with Crippen molar-refractivity contribution in [1.29, 1.82) is 0 Å². The summed E-state index contributed by atoms with van der Waals surface area (Å²) in [5.41, 5.74) is 2.06. The lowest BCUT2D eigenvalue weighted by molar-refractivity contribution is -0.148. The Morgan fingerprint density at radius 2 is 1.76 bits per heavy atom. The molecule has 2 aliphatic rings. The standard InChI is InChI=1S/C15H27N3O3/c1-10-6-4-7-11(2)18(10)17-14(21)16-12-8-5-9-15(12,3)13(19)20/h10-12H,4-9H2,1-3H3,(H,19,20)(H2,16,17,21). The molecule has 120 valence electrons. The normalized spacial score (nSPS) is 37.2. The number of carbonyl (C=O) groups is 2. The van der Waals surface area contributed by atoms with Crippen molar-refractivity contribution in [2.75, 3.05) is 0 Å². The number of carboxylic acids is 1. The molecule has 4 atom stereocenters. The van der Waals surface area contributed by atoms with E-state index in [1.807, 2.05) is 5.01 Å². The molecule has 0 aromatic carbocycles. The maximum absolute atomic E-state index is 12.2. The van der Waals surface area contributed by atoms with Gasteiger partial charge in [0.05, 0.1) is 5.41 Å². The Bertz CT molecular complexity index is 405. The van der Waals surface area contributed by atoms with Gasteiger partial charge in [-0.05, 0) is 46.5 Å². The van der Waals surface area contributed by atoms with E-state index < -0.39 is 11.4 Å². The summed E-state index contributed by atoms with van der Waals surface area (Å²) in [6, 6.07) is 0.0447. The van der Waals surface area contributed by atoms with Crippen molar-refractivity contribution >= 4 is 12.0 Å². The highest BCUT2D eigenvalue weighted by Crippen LogP contribution is 2.38. The van der Waals surface area contributed by atoms with Crippen LogP contribution in [0.3, 0.4) is 0 Å². The Hall–Kier alpha value is -1.30. The Morgan fingerprint density at radius 1 is 1.14 bits per heavy atom. The van der Waals surface area contributed by atoms with Gasteiger partial charge < -0.3 is 10.4 Å². The smallest absolute Gasteiger partial charge is 0.329 e. The molecule has 1 aliphatic carbocycles. The lowest BCUT2D eigenvalue weighted by atomic mass is 9.85. The van der Waals surface area contributed by atoms with Gasteiger partial charge in [0.1, 0.15) is 0 Å². The molecule has 21 heavy (non-hydrogen) atoms. The first-order valence-corrected chi connectivity index (χ1v) is 7.93. The number of hydrogen-bond acceptors (Lipinski definition) is 3. The second kappa shape index (κ2) is 6.22. The van der Waals surface area contributed by atoms with E-state index in [-0.39, 0.29) is 12.1 Å². The van der Waals surface area contributed by atoms with Gasteiger partial charge in [-0.1, -0.05) is 12.8 Å². The van der Waals surface area contributed by atoms with Crippen LogP contribution in [0.4, 0.5) is 4.79 Å². The number of carbonyl (C=O) groups excluding carboxylic acids is 1. The van der Waals surface area contributed by atoms with Crippen LogP contribution in [0.1, 0.15) is 59.3 Å².